The Labute approximate surface area is 65.1 Å². The fraction of sp³-hybridized carbons (Fsp3) is 0.500. The SMILES string of the molecule is CCC=C(O)O.[Na]. The molecule has 2 N–H and O–H groups in total. The van der Waals surface area contributed by atoms with Gasteiger partial charge in [0.1, 0.15) is 0 Å². The Morgan fingerprint density at radius 2 is 2.00 bits per heavy atom. The first-order valence-electron chi connectivity index (χ1n) is 1.85. The van der Waals surface area contributed by atoms with Gasteiger partial charge in [0.05, 0.1) is 0 Å². The third kappa shape index (κ3) is 10.7. The van der Waals surface area contributed by atoms with Crippen molar-refractivity contribution < 1.29 is 10.2 Å². The predicted molar refractivity (Wildman–Crippen MR) is 29.4 cm³/mol. The van der Waals surface area contributed by atoms with Crippen molar-refractivity contribution in [3.63, 3.8) is 0 Å². The Morgan fingerprint density at radius 3 is 2.00 bits per heavy atom. The van der Waals surface area contributed by atoms with Gasteiger partial charge >= 0.3 is 0 Å². The molecule has 0 atom stereocenters. The van der Waals surface area contributed by atoms with E-state index >= 15 is 0 Å². The van der Waals surface area contributed by atoms with E-state index in [-0.39, 0.29) is 29.6 Å². The molecule has 0 unspecified atom stereocenters. The van der Waals surface area contributed by atoms with Crippen LogP contribution < -0.4 is 0 Å². The second kappa shape index (κ2) is 6.34. The van der Waals surface area contributed by atoms with Crippen LogP contribution >= 0.6 is 0 Å². The molecular weight excluding hydrogens is 103 g/mol. The van der Waals surface area contributed by atoms with Gasteiger partial charge in [0.25, 0.3) is 5.95 Å². The normalized spacial score (nSPS) is 6.43. The number of aliphatic hydroxyl groups excluding tert-OH is 1. The van der Waals surface area contributed by atoms with Crippen LogP contribution in [0.3, 0.4) is 0 Å². The Bertz CT molecular complexity index is 56.7. The first-order chi connectivity index (χ1) is 2.77. The minimum absolute atomic E-state index is 0. The summed E-state index contributed by atoms with van der Waals surface area (Å²) in [4.78, 5) is 0. The van der Waals surface area contributed by atoms with Crippen LogP contribution in [0.2, 0.25) is 0 Å². The monoisotopic (exact) mass is 111 g/mol. The summed E-state index contributed by atoms with van der Waals surface area (Å²) in [6.45, 7) is 1.83. The minimum atomic E-state index is -0.586. The maximum atomic E-state index is 7.97. The van der Waals surface area contributed by atoms with E-state index in [4.69, 9.17) is 10.2 Å². The summed E-state index contributed by atoms with van der Waals surface area (Å²) >= 11 is 0. The molecule has 0 aliphatic rings. The van der Waals surface area contributed by atoms with Crippen molar-refractivity contribution in [3.8, 4) is 0 Å². The van der Waals surface area contributed by atoms with Crippen LogP contribution in [-0.4, -0.2) is 39.8 Å². The maximum absolute atomic E-state index is 7.97. The molecule has 37 valence electrons. The van der Waals surface area contributed by atoms with Crippen molar-refractivity contribution in [2.45, 2.75) is 13.3 Å². The average molecular weight is 111 g/mol. The molecule has 0 bridgehead atoms. The number of hydrogen-bond acceptors (Lipinski definition) is 2. The molecule has 0 spiro atoms. The van der Waals surface area contributed by atoms with Gasteiger partial charge in [-0.05, 0) is 12.5 Å². The molecule has 0 amide bonds. The van der Waals surface area contributed by atoms with Crippen molar-refractivity contribution >= 4 is 29.6 Å². The predicted octanol–water partition coefficient (Wildman–Crippen LogP) is 0.973. The zero-order valence-electron chi connectivity index (χ0n) is 4.68. The molecule has 0 saturated heterocycles. The van der Waals surface area contributed by atoms with Gasteiger partial charge in [-0.25, -0.2) is 0 Å². The topological polar surface area (TPSA) is 40.5 Å². The summed E-state index contributed by atoms with van der Waals surface area (Å²) in [5, 5.41) is 15.9. The number of allylic oxidation sites excluding steroid dienone is 1. The van der Waals surface area contributed by atoms with Crippen molar-refractivity contribution in [3.05, 3.63) is 12.0 Å². The van der Waals surface area contributed by atoms with Gasteiger partial charge in [0.2, 0.25) is 0 Å². The summed E-state index contributed by atoms with van der Waals surface area (Å²) in [6, 6.07) is 0. The molecule has 0 fully saturated rings. The molecule has 2 nitrogen and oxygen atoms in total. The van der Waals surface area contributed by atoms with Gasteiger partial charge in [-0.3, -0.25) is 0 Å². The van der Waals surface area contributed by atoms with Crippen molar-refractivity contribution in [2.24, 2.45) is 0 Å². The molecule has 0 aromatic carbocycles. The van der Waals surface area contributed by atoms with Gasteiger partial charge in [0.15, 0.2) is 0 Å². The number of aliphatic hydroxyl groups is 2. The minimum Gasteiger partial charge on any atom is -0.481 e. The van der Waals surface area contributed by atoms with E-state index < -0.39 is 5.95 Å². The van der Waals surface area contributed by atoms with Gasteiger partial charge in [0, 0.05) is 29.6 Å². The summed E-state index contributed by atoms with van der Waals surface area (Å²) in [7, 11) is 0. The molecular formula is C4H8NaO2. The van der Waals surface area contributed by atoms with Crippen LogP contribution in [0.1, 0.15) is 13.3 Å². The fourth-order valence-corrected chi connectivity index (χ4v) is 0.183. The first-order valence-corrected chi connectivity index (χ1v) is 1.85. The Morgan fingerprint density at radius 1 is 1.57 bits per heavy atom. The van der Waals surface area contributed by atoms with E-state index in [1.165, 1.54) is 6.08 Å². The molecule has 0 rings (SSSR count). The molecule has 3 heteroatoms. The Balaban J connectivity index is 0. The summed E-state index contributed by atoms with van der Waals surface area (Å²) < 4.78 is 0. The zero-order chi connectivity index (χ0) is 4.99. The van der Waals surface area contributed by atoms with Gasteiger partial charge < -0.3 is 10.2 Å². The van der Waals surface area contributed by atoms with Crippen molar-refractivity contribution in [1.82, 2.24) is 0 Å². The summed E-state index contributed by atoms with van der Waals surface area (Å²) in [6.07, 6.45) is 1.99. The zero-order valence-corrected chi connectivity index (χ0v) is 6.68. The molecule has 0 aromatic rings. The van der Waals surface area contributed by atoms with Crippen molar-refractivity contribution in [2.75, 3.05) is 0 Å². The molecule has 0 aromatic heterocycles. The fourth-order valence-electron chi connectivity index (χ4n) is 0.183. The Hall–Kier alpha value is 0.340. The molecule has 1 radical (unpaired) electrons. The van der Waals surface area contributed by atoms with Crippen LogP contribution in [0.25, 0.3) is 0 Å². The molecule has 0 aliphatic carbocycles. The van der Waals surface area contributed by atoms with Gasteiger partial charge in [-0.2, -0.15) is 0 Å². The van der Waals surface area contributed by atoms with Gasteiger partial charge in [-0.15, -0.1) is 0 Å². The van der Waals surface area contributed by atoms with E-state index in [1.807, 2.05) is 6.92 Å². The van der Waals surface area contributed by atoms with Crippen LogP contribution in [-0.2, 0) is 0 Å². The average Bonchev–Trinajstić information content (AvgIpc) is 1.35. The second-order valence-corrected chi connectivity index (χ2v) is 0.971. The van der Waals surface area contributed by atoms with E-state index in [0.717, 1.165) is 0 Å². The largest absolute Gasteiger partial charge is 0.481 e. The standard InChI is InChI=1S/C4H8O2.Na/c1-2-3-4(5)6;/h3,5-6H,2H2,1H3;. The van der Waals surface area contributed by atoms with E-state index in [1.54, 1.807) is 0 Å². The quantitative estimate of drug-likeness (QED) is 0.391. The second-order valence-electron chi connectivity index (χ2n) is 0.971. The van der Waals surface area contributed by atoms with Crippen LogP contribution in [0.4, 0.5) is 0 Å². The van der Waals surface area contributed by atoms with Crippen molar-refractivity contribution in [1.29, 1.82) is 0 Å². The number of hydrogen-bond donors (Lipinski definition) is 2. The van der Waals surface area contributed by atoms with Crippen LogP contribution in [0.5, 0.6) is 0 Å². The molecule has 0 heterocycles. The smallest absolute Gasteiger partial charge is 0.269 e. The summed E-state index contributed by atoms with van der Waals surface area (Å²) in [5.41, 5.74) is 0. The van der Waals surface area contributed by atoms with E-state index in [9.17, 15) is 0 Å². The maximum Gasteiger partial charge on any atom is 0.269 e. The van der Waals surface area contributed by atoms with Gasteiger partial charge in [-0.1, -0.05) is 6.92 Å². The summed E-state index contributed by atoms with van der Waals surface area (Å²) in [5.74, 6) is -0.586. The third-order valence-electron chi connectivity index (χ3n) is 0.387. The van der Waals surface area contributed by atoms with Crippen LogP contribution in [0, 0.1) is 0 Å². The van der Waals surface area contributed by atoms with Crippen LogP contribution in [0.15, 0.2) is 12.0 Å². The van der Waals surface area contributed by atoms with E-state index in [0.29, 0.717) is 6.42 Å². The number of rotatable bonds is 1. The Kier molecular flexibility index (Phi) is 9.37. The van der Waals surface area contributed by atoms with E-state index in [2.05, 4.69) is 0 Å². The molecule has 0 saturated carbocycles. The molecule has 0 aliphatic heterocycles. The molecule has 7 heavy (non-hydrogen) atoms. The first kappa shape index (κ1) is 10.3. The third-order valence-corrected chi connectivity index (χ3v) is 0.387.